The summed E-state index contributed by atoms with van der Waals surface area (Å²) in [4.78, 5) is 0. The first-order chi connectivity index (χ1) is 9.74. The van der Waals surface area contributed by atoms with E-state index in [-0.39, 0.29) is 24.0 Å². The van der Waals surface area contributed by atoms with Crippen molar-refractivity contribution in [1.82, 2.24) is 0 Å². The lowest BCUT2D eigenvalue weighted by molar-refractivity contribution is -0.671. The molecular weight excluding hydrogens is 373 g/mol. The molecule has 0 atom stereocenters. The molecule has 0 saturated carbocycles. The summed E-state index contributed by atoms with van der Waals surface area (Å²) in [6.45, 7) is 2.10. The van der Waals surface area contributed by atoms with Gasteiger partial charge in [0.2, 0.25) is 0 Å². The Labute approximate surface area is 141 Å². The Kier molecular flexibility index (Phi) is 5.01. The Morgan fingerprint density at radius 1 is 0.857 bits per heavy atom. The summed E-state index contributed by atoms with van der Waals surface area (Å²) in [6, 6.07) is 16.3. The van der Waals surface area contributed by atoms with Crippen molar-refractivity contribution in [2.45, 2.75) is 6.92 Å². The van der Waals surface area contributed by atoms with Crippen LogP contribution in [0.3, 0.4) is 0 Å². The van der Waals surface area contributed by atoms with Gasteiger partial charge in [0.05, 0.1) is 11.4 Å². The van der Waals surface area contributed by atoms with Gasteiger partial charge in [-0.1, -0.05) is 30.3 Å². The molecule has 4 heteroatoms. The van der Waals surface area contributed by atoms with Gasteiger partial charge >= 0.3 is 0 Å². The average molecular weight is 389 g/mol. The molecule has 0 saturated heterocycles. The second-order valence-corrected chi connectivity index (χ2v) is 4.87. The lowest BCUT2D eigenvalue weighted by atomic mass is 10.1. The smallest absolute Gasteiger partial charge is 0.170 e. The van der Waals surface area contributed by atoms with Crippen LogP contribution in [0.5, 0.6) is 0 Å². The first kappa shape index (κ1) is 15.6. The molecule has 0 radical (unpaired) electrons. The van der Waals surface area contributed by atoms with E-state index in [2.05, 4.69) is 35.4 Å². The number of pyridine rings is 1. The van der Waals surface area contributed by atoms with E-state index in [0.717, 1.165) is 16.9 Å². The quantitative estimate of drug-likeness (QED) is 0.360. The Hall–Kier alpha value is -1.82. The summed E-state index contributed by atoms with van der Waals surface area (Å²) in [5.41, 5.74) is 5.36. The standard InChI is InChI=1S/C17H16N3.HI/c1-13-12-17(16-7-5-3-4-6-15(13)16)19-18-14-8-10-20(2)11-9-14;/h3-12H,1-2H3;1H/q+1;/p-1. The average Bonchev–Trinajstić information content (AvgIpc) is 2.65. The fourth-order valence-corrected chi connectivity index (χ4v) is 2.23. The van der Waals surface area contributed by atoms with Gasteiger partial charge in [-0.25, -0.2) is 4.57 Å². The minimum atomic E-state index is 0. The molecule has 0 fully saturated rings. The number of fused-ring (bicyclic) bond motifs is 1. The highest BCUT2D eigenvalue weighted by Crippen LogP contribution is 2.37. The first-order valence-electron chi connectivity index (χ1n) is 6.59. The number of rotatable bonds is 2. The minimum absolute atomic E-state index is 0. The third-order valence-corrected chi connectivity index (χ3v) is 3.33. The van der Waals surface area contributed by atoms with Gasteiger partial charge in [-0.15, -0.1) is 5.11 Å². The molecule has 1 heterocycles. The molecule has 0 spiro atoms. The Morgan fingerprint density at radius 2 is 1.52 bits per heavy atom. The van der Waals surface area contributed by atoms with Crippen molar-refractivity contribution in [2.75, 3.05) is 0 Å². The summed E-state index contributed by atoms with van der Waals surface area (Å²) < 4.78 is 1.97. The van der Waals surface area contributed by atoms with Crippen LogP contribution in [0.4, 0.5) is 11.4 Å². The SMILES string of the molecule is Cc1cc(N=Nc2cc[n+](C)cc2)c2cccccc1-2.[I-]. The van der Waals surface area contributed by atoms with Crippen molar-refractivity contribution >= 4 is 11.4 Å². The van der Waals surface area contributed by atoms with Gasteiger partial charge in [0.25, 0.3) is 0 Å². The van der Waals surface area contributed by atoms with Crippen molar-refractivity contribution in [3.63, 3.8) is 0 Å². The minimum Gasteiger partial charge on any atom is -1.00 e. The molecule has 0 bridgehead atoms. The molecule has 3 rings (SSSR count). The Bertz CT molecular complexity index is 735. The molecule has 0 aromatic carbocycles. The number of nitrogens with zero attached hydrogens (tertiary/aromatic N) is 3. The summed E-state index contributed by atoms with van der Waals surface area (Å²) in [5.74, 6) is 0. The van der Waals surface area contributed by atoms with Crippen LogP contribution in [-0.2, 0) is 7.05 Å². The van der Waals surface area contributed by atoms with Gasteiger partial charge in [0, 0.05) is 17.7 Å². The summed E-state index contributed by atoms with van der Waals surface area (Å²) in [6.07, 6.45) is 3.92. The number of azo groups is 1. The molecule has 1 aromatic rings. The molecule has 2 aliphatic carbocycles. The molecular formula is C17H16IN3. The zero-order valence-corrected chi connectivity index (χ0v) is 14.2. The predicted molar refractivity (Wildman–Crippen MR) is 79.6 cm³/mol. The van der Waals surface area contributed by atoms with Crippen LogP contribution < -0.4 is 28.5 Å². The van der Waals surface area contributed by atoms with E-state index in [1.54, 1.807) is 0 Å². The maximum absolute atomic E-state index is 4.40. The topological polar surface area (TPSA) is 28.6 Å². The first-order valence-corrected chi connectivity index (χ1v) is 6.59. The van der Waals surface area contributed by atoms with E-state index >= 15 is 0 Å². The largest absolute Gasteiger partial charge is 1.00 e. The lowest BCUT2D eigenvalue weighted by Crippen LogP contribution is -3.00. The summed E-state index contributed by atoms with van der Waals surface area (Å²) in [5, 5.41) is 8.71. The van der Waals surface area contributed by atoms with Crippen molar-refractivity contribution in [3.8, 4) is 11.1 Å². The Morgan fingerprint density at radius 3 is 2.24 bits per heavy atom. The lowest BCUT2D eigenvalue weighted by Gasteiger charge is -1.95. The van der Waals surface area contributed by atoms with Crippen LogP contribution in [-0.4, -0.2) is 0 Å². The van der Waals surface area contributed by atoms with Crippen LogP contribution in [0.25, 0.3) is 11.1 Å². The van der Waals surface area contributed by atoms with Crippen molar-refractivity contribution in [2.24, 2.45) is 17.3 Å². The molecule has 0 aliphatic heterocycles. The maximum atomic E-state index is 4.40. The van der Waals surface area contributed by atoms with Gasteiger partial charge in [0.1, 0.15) is 7.05 Å². The van der Waals surface area contributed by atoms with Crippen molar-refractivity contribution in [3.05, 3.63) is 66.5 Å². The zero-order valence-electron chi connectivity index (χ0n) is 12.0. The fraction of sp³-hybridized carbons (Fsp3) is 0.118. The predicted octanol–water partition coefficient (Wildman–Crippen LogP) is 1.34. The number of halogens is 1. The third-order valence-electron chi connectivity index (χ3n) is 3.33. The number of aromatic nitrogens is 1. The molecule has 106 valence electrons. The number of hydrogen-bond donors (Lipinski definition) is 0. The fourth-order valence-electron chi connectivity index (χ4n) is 2.23. The number of aryl methyl sites for hydroxylation is 2. The monoisotopic (exact) mass is 389 g/mol. The van der Waals surface area contributed by atoms with E-state index in [1.807, 2.05) is 54.3 Å². The zero-order chi connectivity index (χ0) is 13.9. The molecule has 0 N–H and O–H groups in total. The molecule has 3 nitrogen and oxygen atoms in total. The summed E-state index contributed by atoms with van der Waals surface area (Å²) >= 11 is 0. The van der Waals surface area contributed by atoms with Gasteiger partial charge < -0.3 is 24.0 Å². The van der Waals surface area contributed by atoms with E-state index in [9.17, 15) is 0 Å². The molecule has 1 aromatic heterocycles. The van der Waals surface area contributed by atoms with Gasteiger partial charge in [-0.2, -0.15) is 5.11 Å². The van der Waals surface area contributed by atoms with E-state index < -0.39 is 0 Å². The molecule has 2 aliphatic rings. The highest BCUT2D eigenvalue weighted by atomic mass is 127. The van der Waals surface area contributed by atoms with Crippen LogP contribution >= 0.6 is 0 Å². The maximum Gasteiger partial charge on any atom is 0.170 e. The van der Waals surface area contributed by atoms with E-state index in [0.29, 0.717) is 0 Å². The Balaban J connectivity index is 0.00000161. The highest BCUT2D eigenvalue weighted by Gasteiger charge is 2.11. The van der Waals surface area contributed by atoms with Gasteiger partial charge in [-0.3, -0.25) is 0 Å². The number of hydrogen-bond acceptors (Lipinski definition) is 2. The van der Waals surface area contributed by atoms with E-state index in [4.69, 9.17) is 0 Å². The van der Waals surface area contributed by atoms with Crippen LogP contribution in [0.15, 0.2) is 71.2 Å². The van der Waals surface area contributed by atoms with E-state index in [1.165, 1.54) is 11.1 Å². The van der Waals surface area contributed by atoms with Crippen LogP contribution in [0.2, 0.25) is 0 Å². The molecule has 0 unspecified atom stereocenters. The van der Waals surface area contributed by atoms with Crippen LogP contribution in [0, 0.1) is 6.92 Å². The van der Waals surface area contributed by atoms with Gasteiger partial charge in [0.15, 0.2) is 12.4 Å². The van der Waals surface area contributed by atoms with Crippen molar-refractivity contribution in [1.29, 1.82) is 0 Å². The normalized spacial score (nSPS) is 10.8. The molecule has 21 heavy (non-hydrogen) atoms. The summed E-state index contributed by atoms with van der Waals surface area (Å²) in [7, 11) is 1.98. The second-order valence-electron chi connectivity index (χ2n) is 4.87. The second kappa shape index (κ2) is 6.76. The molecule has 0 amide bonds. The highest BCUT2D eigenvalue weighted by molar-refractivity contribution is 5.82. The van der Waals surface area contributed by atoms with Crippen LogP contribution in [0.1, 0.15) is 5.56 Å². The third kappa shape index (κ3) is 3.44. The van der Waals surface area contributed by atoms with Gasteiger partial charge in [-0.05, 0) is 24.1 Å². The van der Waals surface area contributed by atoms with Crippen molar-refractivity contribution < 1.29 is 28.5 Å².